The highest BCUT2D eigenvalue weighted by molar-refractivity contribution is 6.09. The number of pyridine rings is 1. The first-order valence-corrected chi connectivity index (χ1v) is 11.9. The van der Waals surface area contributed by atoms with Gasteiger partial charge in [-0.25, -0.2) is 9.78 Å². The molecule has 0 spiro atoms. The largest absolute Gasteiger partial charge is 0.417 e. The van der Waals surface area contributed by atoms with Crippen molar-refractivity contribution in [3.8, 4) is 0 Å². The van der Waals surface area contributed by atoms with Gasteiger partial charge < -0.3 is 14.6 Å². The summed E-state index contributed by atoms with van der Waals surface area (Å²) >= 11 is 0. The van der Waals surface area contributed by atoms with Gasteiger partial charge in [-0.1, -0.05) is 19.3 Å². The van der Waals surface area contributed by atoms with Gasteiger partial charge in [0.25, 0.3) is 5.91 Å². The van der Waals surface area contributed by atoms with Gasteiger partial charge in [0.1, 0.15) is 11.7 Å². The first kappa shape index (κ1) is 21.3. The van der Waals surface area contributed by atoms with Crippen LogP contribution in [0.15, 0.2) is 58.1 Å². The highest BCUT2D eigenvalue weighted by Crippen LogP contribution is 2.42. The average Bonchev–Trinajstić information content (AvgIpc) is 3.25. The van der Waals surface area contributed by atoms with Crippen LogP contribution in [0.4, 0.5) is 28.8 Å². The number of nitrogens with one attached hydrogen (secondary N) is 2. The van der Waals surface area contributed by atoms with E-state index in [9.17, 15) is 9.59 Å². The summed E-state index contributed by atoms with van der Waals surface area (Å²) in [6, 6.07) is 8.85. The third-order valence-electron chi connectivity index (χ3n) is 6.78. The Morgan fingerprint density at radius 3 is 2.77 bits per heavy atom. The van der Waals surface area contributed by atoms with Crippen molar-refractivity contribution in [1.29, 1.82) is 0 Å². The highest BCUT2D eigenvalue weighted by atomic mass is 16.4. The van der Waals surface area contributed by atoms with Gasteiger partial charge in [0.05, 0.1) is 23.6 Å². The van der Waals surface area contributed by atoms with Gasteiger partial charge in [-0.3, -0.25) is 19.7 Å². The quantitative estimate of drug-likeness (QED) is 0.453. The van der Waals surface area contributed by atoms with Crippen LogP contribution in [0.3, 0.4) is 0 Å². The molecule has 35 heavy (non-hydrogen) atoms. The van der Waals surface area contributed by atoms with Crippen LogP contribution in [0.1, 0.15) is 39.0 Å². The fourth-order valence-corrected chi connectivity index (χ4v) is 5.14. The lowest BCUT2D eigenvalue weighted by atomic mass is 9.92. The van der Waals surface area contributed by atoms with Crippen LogP contribution in [0.25, 0.3) is 11.1 Å². The maximum absolute atomic E-state index is 13.6. The van der Waals surface area contributed by atoms with E-state index in [2.05, 4.69) is 25.2 Å². The van der Waals surface area contributed by atoms with Gasteiger partial charge in [-0.2, -0.15) is 4.98 Å². The molecule has 1 amide bonds. The second-order valence-electron chi connectivity index (χ2n) is 9.01. The Bertz CT molecular complexity index is 1440. The Labute approximate surface area is 201 Å². The fourth-order valence-electron chi connectivity index (χ4n) is 5.14. The summed E-state index contributed by atoms with van der Waals surface area (Å²) < 4.78 is 5.17. The first-order valence-electron chi connectivity index (χ1n) is 11.9. The number of nitrogens with zero attached hydrogens (tertiary/aromatic N) is 5. The van der Waals surface area contributed by atoms with E-state index in [-0.39, 0.29) is 18.0 Å². The molecule has 2 N–H and O–H groups in total. The summed E-state index contributed by atoms with van der Waals surface area (Å²) in [6.07, 6.45) is 10.6. The summed E-state index contributed by atoms with van der Waals surface area (Å²) in [6.45, 7) is 1.94. The second-order valence-corrected chi connectivity index (χ2v) is 9.01. The maximum Gasteiger partial charge on any atom is 0.417 e. The molecule has 0 bridgehead atoms. The lowest BCUT2D eigenvalue weighted by Crippen LogP contribution is -2.55. The maximum atomic E-state index is 13.6. The standard InChI is InChI=1S/C25H25N7O3/c1-15-23(33)32(18-8-5-11-26-13-18)20-14-27-24(30-22(20)31(15)17-6-3-2-4-7-17)28-16-9-10-19-21(12-16)35-25(34)29-19/h5,8-15,17H,2-4,6-7H2,1H3,(H,29,34)(H,27,28,30)/t15-/m1/s1. The minimum Gasteiger partial charge on any atom is -0.408 e. The third kappa shape index (κ3) is 3.80. The van der Waals surface area contributed by atoms with Crippen LogP contribution in [-0.4, -0.2) is 37.9 Å². The summed E-state index contributed by atoms with van der Waals surface area (Å²) in [5.41, 5.74) is 3.09. The Hall–Kier alpha value is -4.21. The number of rotatable bonds is 4. The van der Waals surface area contributed by atoms with Crippen molar-refractivity contribution in [2.45, 2.75) is 51.1 Å². The molecule has 0 unspecified atom stereocenters. The number of H-pyrrole nitrogens is 1. The van der Waals surface area contributed by atoms with E-state index in [1.54, 1.807) is 35.6 Å². The van der Waals surface area contributed by atoms with Crippen LogP contribution in [0.2, 0.25) is 0 Å². The summed E-state index contributed by atoms with van der Waals surface area (Å²) in [5.74, 6) is 0.599. The van der Waals surface area contributed by atoms with E-state index < -0.39 is 5.76 Å². The number of carbonyl (C=O) groups excluding carboxylic acids is 1. The number of hydrogen-bond acceptors (Lipinski definition) is 8. The van der Waals surface area contributed by atoms with Crippen molar-refractivity contribution in [2.24, 2.45) is 0 Å². The molecule has 178 valence electrons. The van der Waals surface area contributed by atoms with Crippen LogP contribution in [0.5, 0.6) is 0 Å². The smallest absolute Gasteiger partial charge is 0.408 e. The molecule has 10 nitrogen and oxygen atoms in total. The van der Waals surface area contributed by atoms with E-state index in [1.807, 2.05) is 25.1 Å². The minimum absolute atomic E-state index is 0.0201. The molecule has 10 heteroatoms. The number of hydrogen-bond donors (Lipinski definition) is 2. The molecule has 0 radical (unpaired) electrons. The molecular formula is C25H25N7O3. The summed E-state index contributed by atoms with van der Waals surface area (Å²) in [7, 11) is 0. The van der Waals surface area contributed by atoms with Gasteiger partial charge in [0.2, 0.25) is 5.95 Å². The zero-order chi connectivity index (χ0) is 23.9. The van der Waals surface area contributed by atoms with Crippen LogP contribution < -0.4 is 20.9 Å². The predicted octanol–water partition coefficient (Wildman–Crippen LogP) is 4.26. The number of aromatic amines is 1. The van der Waals surface area contributed by atoms with E-state index >= 15 is 0 Å². The zero-order valence-electron chi connectivity index (χ0n) is 19.3. The van der Waals surface area contributed by atoms with Crippen molar-refractivity contribution in [3.05, 3.63) is 59.5 Å². The molecule has 1 aliphatic carbocycles. The molecule has 1 atom stereocenters. The Balaban J connectivity index is 1.43. The number of carbonyl (C=O) groups is 1. The van der Waals surface area contributed by atoms with E-state index in [0.29, 0.717) is 34.1 Å². The molecular weight excluding hydrogens is 446 g/mol. The minimum atomic E-state index is -0.501. The Morgan fingerprint density at radius 2 is 1.97 bits per heavy atom. The molecule has 1 saturated carbocycles. The SMILES string of the molecule is C[C@@H]1C(=O)N(c2cccnc2)c2cnc(Nc3ccc4[nH]c(=O)oc4c3)nc2N1C1CCCCC1. The van der Waals surface area contributed by atoms with Crippen LogP contribution in [-0.2, 0) is 4.79 Å². The molecule has 6 rings (SSSR count). The third-order valence-corrected chi connectivity index (χ3v) is 6.78. The van der Waals surface area contributed by atoms with Gasteiger partial charge in [0.15, 0.2) is 11.4 Å². The number of aromatic nitrogens is 4. The van der Waals surface area contributed by atoms with E-state index in [0.717, 1.165) is 31.5 Å². The lowest BCUT2D eigenvalue weighted by Gasteiger charge is -2.45. The summed E-state index contributed by atoms with van der Waals surface area (Å²) in [5, 5.41) is 3.22. The van der Waals surface area contributed by atoms with Crippen molar-refractivity contribution in [3.63, 3.8) is 0 Å². The van der Waals surface area contributed by atoms with Crippen LogP contribution >= 0.6 is 0 Å². The van der Waals surface area contributed by atoms with Gasteiger partial charge >= 0.3 is 5.76 Å². The molecule has 1 fully saturated rings. The normalized spacial score (nSPS) is 18.7. The average molecular weight is 472 g/mol. The Morgan fingerprint density at radius 1 is 1.11 bits per heavy atom. The van der Waals surface area contributed by atoms with Gasteiger partial charge in [-0.15, -0.1) is 0 Å². The molecule has 4 heterocycles. The number of amides is 1. The first-order chi connectivity index (χ1) is 17.1. The molecule has 1 aliphatic heterocycles. The number of benzene rings is 1. The molecule has 0 saturated heterocycles. The predicted molar refractivity (Wildman–Crippen MR) is 132 cm³/mol. The van der Waals surface area contributed by atoms with Crippen molar-refractivity contribution < 1.29 is 9.21 Å². The van der Waals surface area contributed by atoms with E-state index in [1.165, 1.54) is 6.42 Å². The summed E-state index contributed by atoms with van der Waals surface area (Å²) in [4.78, 5) is 45.2. The topological polar surface area (TPSA) is 120 Å². The molecule has 1 aromatic carbocycles. The van der Waals surface area contributed by atoms with Crippen LogP contribution in [0, 0.1) is 0 Å². The van der Waals surface area contributed by atoms with Crippen molar-refractivity contribution in [1.82, 2.24) is 19.9 Å². The zero-order valence-corrected chi connectivity index (χ0v) is 19.3. The monoisotopic (exact) mass is 471 g/mol. The second kappa shape index (κ2) is 8.53. The van der Waals surface area contributed by atoms with E-state index in [4.69, 9.17) is 9.40 Å². The molecule has 4 aromatic rings. The molecule has 3 aromatic heterocycles. The number of anilines is 5. The van der Waals surface area contributed by atoms with Gasteiger partial charge in [0, 0.05) is 24.0 Å². The number of oxazole rings is 1. The fraction of sp³-hybridized carbons (Fsp3) is 0.320. The Kier molecular flexibility index (Phi) is 5.20. The van der Waals surface area contributed by atoms with Crippen molar-refractivity contribution >= 4 is 45.8 Å². The van der Waals surface area contributed by atoms with Gasteiger partial charge in [-0.05, 0) is 44.0 Å². The lowest BCUT2D eigenvalue weighted by molar-refractivity contribution is -0.119. The van der Waals surface area contributed by atoms with Crippen molar-refractivity contribution in [2.75, 3.05) is 15.1 Å². The number of fused-ring (bicyclic) bond motifs is 2. The highest BCUT2D eigenvalue weighted by Gasteiger charge is 2.41. The molecule has 2 aliphatic rings.